The van der Waals surface area contributed by atoms with Gasteiger partial charge in [-0.3, -0.25) is 4.68 Å². The number of aromatic nitrogens is 2. The van der Waals surface area contributed by atoms with E-state index in [1.165, 1.54) is 28.8 Å². The Morgan fingerprint density at radius 2 is 1.13 bits per heavy atom. The molecule has 0 unspecified atom stereocenters. The molecule has 0 saturated carbocycles. The molecule has 0 radical (unpaired) electrons. The van der Waals surface area contributed by atoms with Crippen LogP contribution >= 0.6 is 0 Å². The predicted molar refractivity (Wildman–Crippen MR) is 126 cm³/mol. The first-order chi connectivity index (χ1) is 14.6. The van der Waals surface area contributed by atoms with E-state index in [0.717, 1.165) is 22.5 Å². The van der Waals surface area contributed by atoms with Crippen molar-refractivity contribution in [3.8, 4) is 22.5 Å². The van der Waals surface area contributed by atoms with Gasteiger partial charge in [0.05, 0.1) is 16.3 Å². The summed E-state index contributed by atoms with van der Waals surface area (Å²) in [6, 6.07) is 25.6. The Bertz CT molecular complexity index is 1260. The molecule has 0 aliphatic rings. The molecule has 31 heavy (non-hydrogen) atoms. The maximum atomic E-state index is 10.7. The average Bonchev–Trinajstić information content (AvgIpc) is 3.11. The van der Waals surface area contributed by atoms with Crippen LogP contribution in [0, 0.1) is 20.8 Å². The third-order valence-electron chi connectivity index (χ3n) is 4.92. The molecular formula is C25H27N3O2S. The summed E-state index contributed by atoms with van der Waals surface area (Å²) in [4.78, 5) is 0.156. The van der Waals surface area contributed by atoms with Gasteiger partial charge < -0.3 is 0 Å². The number of benzene rings is 3. The van der Waals surface area contributed by atoms with Gasteiger partial charge in [0.2, 0.25) is 10.0 Å². The minimum atomic E-state index is -3.52. The van der Waals surface area contributed by atoms with Crippen LogP contribution in [0.2, 0.25) is 0 Å². The lowest BCUT2D eigenvalue weighted by molar-refractivity contribution is 0.598. The van der Waals surface area contributed by atoms with Crippen molar-refractivity contribution in [2.24, 2.45) is 12.2 Å². The molecule has 0 fully saturated rings. The van der Waals surface area contributed by atoms with Crippen molar-refractivity contribution in [3.63, 3.8) is 0 Å². The number of primary sulfonamides is 1. The number of hydrogen-bond donors (Lipinski definition) is 1. The summed E-state index contributed by atoms with van der Waals surface area (Å²) >= 11 is 0. The fraction of sp³-hybridized carbons (Fsp3) is 0.160. The fourth-order valence-electron chi connectivity index (χ4n) is 3.06. The summed E-state index contributed by atoms with van der Waals surface area (Å²) in [5, 5.41) is 9.51. The molecule has 3 aromatic carbocycles. The molecule has 0 bridgehead atoms. The average molecular weight is 434 g/mol. The van der Waals surface area contributed by atoms with E-state index in [-0.39, 0.29) is 4.90 Å². The molecule has 0 spiro atoms. The SMILES string of the molecule is Cc1ccc(-c2cc(-c3ccc(C)cc3)n(C)n2)cc1.Cc1ccc(S(N)(=O)=O)cc1. The second kappa shape index (κ2) is 9.29. The van der Waals surface area contributed by atoms with Crippen molar-refractivity contribution in [3.05, 3.63) is 95.6 Å². The van der Waals surface area contributed by atoms with Crippen LogP contribution in [0.5, 0.6) is 0 Å². The third kappa shape index (κ3) is 5.90. The molecule has 0 amide bonds. The zero-order valence-electron chi connectivity index (χ0n) is 18.2. The molecular weight excluding hydrogens is 406 g/mol. The maximum absolute atomic E-state index is 10.7. The number of rotatable bonds is 3. The van der Waals surface area contributed by atoms with Crippen molar-refractivity contribution in [1.29, 1.82) is 0 Å². The van der Waals surface area contributed by atoms with Gasteiger partial charge in [-0.1, -0.05) is 77.4 Å². The Kier molecular flexibility index (Phi) is 6.73. The third-order valence-corrected chi connectivity index (χ3v) is 5.85. The van der Waals surface area contributed by atoms with E-state index in [1.54, 1.807) is 12.1 Å². The highest BCUT2D eigenvalue weighted by molar-refractivity contribution is 7.89. The summed E-state index contributed by atoms with van der Waals surface area (Å²) in [7, 11) is -1.53. The van der Waals surface area contributed by atoms with E-state index >= 15 is 0 Å². The van der Waals surface area contributed by atoms with Gasteiger partial charge >= 0.3 is 0 Å². The van der Waals surface area contributed by atoms with Gasteiger partial charge in [0.1, 0.15) is 0 Å². The first-order valence-corrected chi connectivity index (χ1v) is 11.5. The second-order valence-corrected chi connectivity index (χ2v) is 9.19. The van der Waals surface area contributed by atoms with Gasteiger partial charge in [0.25, 0.3) is 0 Å². The molecule has 4 rings (SSSR count). The smallest absolute Gasteiger partial charge is 0.238 e. The number of hydrogen-bond acceptors (Lipinski definition) is 3. The number of nitrogens with zero attached hydrogens (tertiary/aromatic N) is 2. The first kappa shape index (κ1) is 22.5. The highest BCUT2D eigenvalue weighted by Gasteiger charge is 2.09. The van der Waals surface area contributed by atoms with Gasteiger partial charge in [-0.15, -0.1) is 0 Å². The Hall–Kier alpha value is -3.22. The fourth-order valence-corrected chi connectivity index (χ4v) is 3.57. The topological polar surface area (TPSA) is 78.0 Å². The van der Waals surface area contributed by atoms with E-state index in [9.17, 15) is 8.42 Å². The summed E-state index contributed by atoms with van der Waals surface area (Å²) in [5.41, 5.74) is 8.06. The monoisotopic (exact) mass is 433 g/mol. The molecule has 0 saturated heterocycles. The van der Waals surface area contributed by atoms with Crippen LogP contribution in [-0.4, -0.2) is 18.2 Å². The molecule has 4 aromatic rings. The van der Waals surface area contributed by atoms with Gasteiger partial charge in [0.15, 0.2) is 0 Å². The lowest BCUT2D eigenvalue weighted by Crippen LogP contribution is -2.11. The van der Waals surface area contributed by atoms with E-state index < -0.39 is 10.0 Å². The molecule has 160 valence electrons. The van der Waals surface area contributed by atoms with Crippen LogP contribution in [0.25, 0.3) is 22.5 Å². The molecule has 1 heterocycles. The van der Waals surface area contributed by atoms with Crippen LogP contribution in [-0.2, 0) is 17.1 Å². The van der Waals surface area contributed by atoms with E-state index in [1.807, 2.05) is 18.7 Å². The van der Waals surface area contributed by atoms with Gasteiger partial charge in [0, 0.05) is 12.6 Å². The molecule has 1 aromatic heterocycles. The molecule has 2 N–H and O–H groups in total. The van der Waals surface area contributed by atoms with Gasteiger partial charge in [-0.05, 0) is 44.5 Å². The summed E-state index contributed by atoms with van der Waals surface area (Å²) in [5.74, 6) is 0. The van der Waals surface area contributed by atoms with Crippen LogP contribution in [0.15, 0.2) is 83.8 Å². The minimum absolute atomic E-state index is 0.156. The minimum Gasteiger partial charge on any atom is -0.267 e. The van der Waals surface area contributed by atoms with E-state index in [2.05, 4.69) is 73.5 Å². The van der Waals surface area contributed by atoms with Crippen LogP contribution < -0.4 is 5.14 Å². The van der Waals surface area contributed by atoms with Gasteiger partial charge in [-0.25, -0.2) is 13.6 Å². The van der Waals surface area contributed by atoms with Crippen LogP contribution in [0.3, 0.4) is 0 Å². The largest absolute Gasteiger partial charge is 0.267 e. The Morgan fingerprint density at radius 1 is 0.710 bits per heavy atom. The van der Waals surface area contributed by atoms with Crippen LogP contribution in [0.4, 0.5) is 0 Å². The van der Waals surface area contributed by atoms with Crippen LogP contribution in [0.1, 0.15) is 16.7 Å². The lowest BCUT2D eigenvalue weighted by atomic mass is 10.1. The summed E-state index contributed by atoms with van der Waals surface area (Å²) in [6.45, 7) is 6.08. The second-order valence-electron chi connectivity index (χ2n) is 7.63. The Labute approximate surface area is 184 Å². The number of sulfonamides is 1. The number of aryl methyl sites for hydroxylation is 4. The summed E-state index contributed by atoms with van der Waals surface area (Å²) in [6.07, 6.45) is 0. The molecule has 0 atom stereocenters. The zero-order valence-corrected chi connectivity index (χ0v) is 19.0. The predicted octanol–water partition coefficient (Wildman–Crippen LogP) is 5.01. The highest BCUT2D eigenvalue weighted by Crippen LogP contribution is 2.26. The standard InChI is InChI=1S/C18H18N2.C7H9NO2S/c1-13-4-8-15(9-5-13)17-12-18(20(3)19-17)16-10-6-14(2)7-11-16;1-6-2-4-7(5-3-6)11(8,9)10/h4-12H,1-3H3;2-5H,1H3,(H2,8,9,10). The van der Waals surface area contributed by atoms with Gasteiger partial charge in [-0.2, -0.15) is 5.10 Å². The molecule has 0 aliphatic heterocycles. The van der Waals surface area contributed by atoms with E-state index in [0.29, 0.717) is 0 Å². The maximum Gasteiger partial charge on any atom is 0.238 e. The van der Waals surface area contributed by atoms with E-state index in [4.69, 9.17) is 5.14 Å². The normalized spacial score (nSPS) is 11.0. The van der Waals surface area contributed by atoms with Crippen molar-refractivity contribution >= 4 is 10.0 Å². The Morgan fingerprint density at radius 3 is 1.58 bits per heavy atom. The first-order valence-electron chi connectivity index (χ1n) is 9.91. The highest BCUT2D eigenvalue weighted by atomic mass is 32.2. The molecule has 5 nitrogen and oxygen atoms in total. The Balaban J connectivity index is 0.000000210. The van der Waals surface area contributed by atoms with Crippen molar-refractivity contribution in [2.75, 3.05) is 0 Å². The van der Waals surface area contributed by atoms with Crippen molar-refractivity contribution in [2.45, 2.75) is 25.7 Å². The van der Waals surface area contributed by atoms with Crippen molar-refractivity contribution < 1.29 is 8.42 Å². The van der Waals surface area contributed by atoms with Crippen molar-refractivity contribution in [1.82, 2.24) is 9.78 Å². The zero-order chi connectivity index (χ0) is 22.6. The molecule has 6 heteroatoms. The quantitative estimate of drug-likeness (QED) is 0.493. The lowest BCUT2D eigenvalue weighted by Gasteiger charge is -2.01. The summed E-state index contributed by atoms with van der Waals surface area (Å²) < 4.78 is 23.4. The number of nitrogens with two attached hydrogens (primary N) is 1. The molecule has 0 aliphatic carbocycles.